The molecule has 0 bridgehead atoms. The van der Waals surface area contributed by atoms with Crippen molar-refractivity contribution in [3.05, 3.63) is 30.5 Å². The van der Waals surface area contributed by atoms with Crippen LogP contribution in [0.25, 0.3) is 10.8 Å². The third-order valence-electron chi connectivity index (χ3n) is 8.39. The Kier molecular flexibility index (Phi) is 6.26. The van der Waals surface area contributed by atoms with Crippen molar-refractivity contribution in [2.75, 3.05) is 18.1 Å². The standard InChI is InChI=1S/C26H41BN2O3Si/c1-24(2,3)33(8,9)30-18-21-11-10-16-29(21)23-22-17-20(13-12-19(22)14-15-28-23)27-31-25(4,5)26(6,7)32-27/h12-15,17,21H,10-11,16,18H2,1-9H3/t21-/m0/s1. The molecule has 0 N–H and O–H groups in total. The second kappa shape index (κ2) is 8.36. The lowest BCUT2D eigenvalue weighted by molar-refractivity contribution is 0.00578. The fourth-order valence-corrected chi connectivity index (χ4v) is 5.38. The second-order valence-corrected chi connectivity index (χ2v) is 17.1. The predicted octanol–water partition coefficient (Wildman–Crippen LogP) is 5.52. The maximum absolute atomic E-state index is 6.62. The predicted molar refractivity (Wildman–Crippen MR) is 141 cm³/mol. The van der Waals surface area contributed by atoms with E-state index in [1.54, 1.807) is 0 Å². The van der Waals surface area contributed by atoms with E-state index < -0.39 is 8.32 Å². The van der Waals surface area contributed by atoms with Gasteiger partial charge in [-0.05, 0) is 75.6 Å². The lowest BCUT2D eigenvalue weighted by Gasteiger charge is -2.38. The van der Waals surface area contributed by atoms with Crippen molar-refractivity contribution in [1.29, 1.82) is 0 Å². The molecule has 2 aromatic rings. The highest BCUT2D eigenvalue weighted by Gasteiger charge is 2.51. The molecular formula is C26H41BN2O3Si. The minimum atomic E-state index is -1.79. The fourth-order valence-electron chi connectivity index (χ4n) is 4.33. The van der Waals surface area contributed by atoms with Crippen LogP contribution in [-0.2, 0) is 13.7 Å². The van der Waals surface area contributed by atoms with Gasteiger partial charge in [-0.3, -0.25) is 0 Å². The van der Waals surface area contributed by atoms with E-state index in [0.717, 1.165) is 36.2 Å². The molecule has 1 aromatic heterocycles. The molecule has 2 fully saturated rings. The van der Waals surface area contributed by atoms with Crippen molar-refractivity contribution < 1.29 is 13.7 Å². The Morgan fingerprint density at radius 3 is 2.42 bits per heavy atom. The summed E-state index contributed by atoms with van der Waals surface area (Å²) in [6, 6.07) is 8.94. The Labute approximate surface area is 201 Å². The van der Waals surface area contributed by atoms with Gasteiger partial charge in [-0.2, -0.15) is 0 Å². The molecule has 1 aromatic carbocycles. The van der Waals surface area contributed by atoms with E-state index in [1.165, 1.54) is 11.8 Å². The Morgan fingerprint density at radius 1 is 1.12 bits per heavy atom. The quantitative estimate of drug-likeness (QED) is 0.541. The topological polar surface area (TPSA) is 43.8 Å². The first-order valence-electron chi connectivity index (χ1n) is 12.4. The Balaban J connectivity index is 1.62. The number of pyridine rings is 1. The first kappa shape index (κ1) is 24.7. The molecule has 0 saturated carbocycles. The van der Waals surface area contributed by atoms with Crippen LogP contribution in [0.4, 0.5) is 5.82 Å². The van der Waals surface area contributed by atoms with Crippen LogP contribution >= 0.6 is 0 Å². The lowest BCUT2D eigenvalue weighted by atomic mass is 9.78. The van der Waals surface area contributed by atoms with Crippen molar-refractivity contribution in [3.8, 4) is 0 Å². The summed E-state index contributed by atoms with van der Waals surface area (Å²) in [4.78, 5) is 7.32. The van der Waals surface area contributed by atoms with E-state index >= 15 is 0 Å². The molecule has 33 heavy (non-hydrogen) atoms. The fraction of sp³-hybridized carbons (Fsp3) is 0.654. The van der Waals surface area contributed by atoms with Crippen LogP contribution in [0.1, 0.15) is 61.3 Å². The van der Waals surface area contributed by atoms with E-state index in [1.807, 2.05) is 6.20 Å². The Hall–Kier alpha value is -1.41. The van der Waals surface area contributed by atoms with Crippen LogP contribution in [0, 0.1) is 0 Å². The zero-order valence-electron chi connectivity index (χ0n) is 22.0. The molecule has 180 valence electrons. The summed E-state index contributed by atoms with van der Waals surface area (Å²) < 4.78 is 19.3. The second-order valence-electron chi connectivity index (χ2n) is 12.3. The molecule has 0 amide bonds. The van der Waals surface area contributed by atoms with Crippen molar-refractivity contribution in [2.24, 2.45) is 0 Å². The highest BCUT2D eigenvalue weighted by atomic mass is 28.4. The van der Waals surface area contributed by atoms with Crippen molar-refractivity contribution >= 4 is 37.5 Å². The SMILES string of the molecule is CC1(C)OB(c2ccc3ccnc(N4CCC[C@H]4CO[Si](C)(C)C(C)(C)C)c3c2)OC1(C)C. The smallest absolute Gasteiger partial charge is 0.415 e. The molecule has 0 radical (unpaired) electrons. The van der Waals surface area contributed by atoms with Crippen LogP contribution in [0.5, 0.6) is 0 Å². The van der Waals surface area contributed by atoms with Gasteiger partial charge in [0.05, 0.1) is 23.9 Å². The van der Waals surface area contributed by atoms with Gasteiger partial charge in [-0.1, -0.05) is 39.0 Å². The van der Waals surface area contributed by atoms with E-state index in [2.05, 4.69) is 90.7 Å². The molecule has 7 heteroatoms. The molecule has 2 aliphatic rings. The van der Waals surface area contributed by atoms with Crippen molar-refractivity contribution in [1.82, 2.24) is 4.98 Å². The Bertz CT molecular complexity index is 1000. The third kappa shape index (κ3) is 4.62. The van der Waals surface area contributed by atoms with Gasteiger partial charge in [0.2, 0.25) is 0 Å². The number of hydrogen-bond donors (Lipinski definition) is 0. The van der Waals surface area contributed by atoms with E-state index in [-0.39, 0.29) is 23.4 Å². The van der Waals surface area contributed by atoms with Gasteiger partial charge in [0.1, 0.15) is 5.82 Å². The van der Waals surface area contributed by atoms with Gasteiger partial charge in [-0.25, -0.2) is 4.98 Å². The summed E-state index contributed by atoms with van der Waals surface area (Å²) >= 11 is 0. The number of anilines is 1. The molecular weight excluding hydrogens is 427 g/mol. The van der Waals surface area contributed by atoms with Crippen molar-refractivity contribution in [2.45, 2.75) is 96.7 Å². The number of hydrogen-bond acceptors (Lipinski definition) is 5. The number of benzene rings is 1. The summed E-state index contributed by atoms with van der Waals surface area (Å²) in [6.45, 7) is 21.7. The largest absolute Gasteiger partial charge is 0.494 e. The van der Waals surface area contributed by atoms with Crippen LogP contribution in [0.3, 0.4) is 0 Å². The number of aromatic nitrogens is 1. The van der Waals surface area contributed by atoms with Crippen LogP contribution in [0.2, 0.25) is 18.1 Å². The monoisotopic (exact) mass is 468 g/mol. The van der Waals surface area contributed by atoms with E-state index in [4.69, 9.17) is 18.7 Å². The van der Waals surface area contributed by atoms with Gasteiger partial charge in [0.15, 0.2) is 8.32 Å². The summed E-state index contributed by atoms with van der Waals surface area (Å²) in [5.41, 5.74) is 0.334. The normalized spacial score (nSPS) is 23.0. The molecule has 1 atom stereocenters. The molecule has 4 rings (SSSR count). The molecule has 2 saturated heterocycles. The number of nitrogens with zero attached hydrogens (tertiary/aromatic N) is 2. The minimum Gasteiger partial charge on any atom is -0.415 e. The average Bonchev–Trinajstić information content (AvgIpc) is 3.26. The molecule has 0 unspecified atom stereocenters. The third-order valence-corrected chi connectivity index (χ3v) is 12.9. The van der Waals surface area contributed by atoms with Crippen LogP contribution < -0.4 is 10.4 Å². The molecule has 2 aliphatic heterocycles. The lowest BCUT2D eigenvalue weighted by Crippen LogP contribution is -2.45. The highest BCUT2D eigenvalue weighted by Crippen LogP contribution is 2.39. The number of rotatable bonds is 5. The van der Waals surface area contributed by atoms with Gasteiger partial charge < -0.3 is 18.6 Å². The zero-order chi connectivity index (χ0) is 24.2. The van der Waals surface area contributed by atoms with Gasteiger partial charge >= 0.3 is 7.12 Å². The summed E-state index contributed by atoms with van der Waals surface area (Å²) in [5.74, 6) is 1.05. The highest BCUT2D eigenvalue weighted by molar-refractivity contribution is 6.74. The Morgan fingerprint density at radius 2 is 1.79 bits per heavy atom. The zero-order valence-corrected chi connectivity index (χ0v) is 23.0. The molecule has 5 nitrogen and oxygen atoms in total. The van der Waals surface area contributed by atoms with Crippen LogP contribution in [-0.4, -0.2) is 50.8 Å². The molecule has 3 heterocycles. The first-order chi connectivity index (χ1) is 15.2. The van der Waals surface area contributed by atoms with Gasteiger partial charge in [0, 0.05) is 18.1 Å². The average molecular weight is 469 g/mol. The van der Waals surface area contributed by atoms with E-state index in [0.29, 0.717) is 6.04 Å². The van der Waals surface area contributed by atoms with Crippen LogP contribution in [0.15, 0.2) is 30.5 Å². The van der Waals surface area contributed by atoms with Crippen molar-refractivity contribution in [3.63, 3.8) is 0 Å². The van der Waals surface area contributed by atoms with Gasteiger partial charge in [0.25, 0.3) is 0 Å². The minimum absolute atomic E-state index is 0.214. The maximum Gasteiger partial charge on any atom is 0.494 e. The summed E-state index contributed by atoms with van der Waals surface area (Å²) in [6.07, 6.45) is 4.24. The van der Waals surface area contributed by atoms with E-state index in [9.17, 15) is 0 Å². The first-order valence-corrected chi connectivity index (χ1v) is 15.3. The number of fused-ring (bicyclic) bond motifs is 1. The summed E-state index contributed by atoms with van der Waals surface area (Å²) in [7, 11) is -2.16. The summed E-state index contributed by atoms with van der Waals surface area (Å²) in [5, 5.41) is 2.56. The maximum atomic E-state index is 6.62. The van der Waals surface area contributed by atoms with Gasteiger partial charge in [-0.15, -0.1) is 0 Å². The molecule has 0 aliphatic carbocycles. The molecule has 0 spiro atoms.